The van der Waals surface area contributed by atoms with Gasteiger partial charge in [0.15, 0.2) is 4.96 Å². The molecule has 0 aliphatic heterocycles. The molecule has 0 bridgehead atoms. The molecule has 0 radical (unpaired) electrons. The van der Waals surface area contributed by atoms with Crippen molar-refractivity contribution in [3.05, 3.63) is 45.4 Å². The maximum Gasteiger partial charge on any atom is 0.194 e. The molecule has 110 valence electrons. The number of thiophene rings is 1. The summed E-state index contributed by atoms with van der Waals surface area (Å²) in [6.07, 6.45) is 4.17. The van der Waals surface area contributed by atoms with Gasteiger partial charge in [0.25, 0.3) is 0 Å². The Morgan fingerprint density at radius 1 is 1.43 bits per heavy atom. The van der Waals surface area contributed by atoms with Crippen LogP contribution in [0.25, 0.3) is 4.96 Å². The van der Waals surface area contributed by atoms with Crippen LogP contribution in [0.2, 0.25) is 0 Å². The van der Waals surface area contributed by atoms with Crippen LogP contribution in [-0.4, -0.2) is 21.0 Å². The van der Waals surface area contributed by atoms with E-state index < -0.39 is 6.10 Å². The summed E-state index contributed by atoms with van der Waals surface area (Å²) in [4.78, 5) is 5.84. The Hall–Kier alpha value is -1.21. The van der Waals surface area contributed by atoms with Crippen LogP contribution in [0.15, 0.2) is 28.4 Å². The number of aliphatic hydroxyl groups excluding tert-OH is 1. The number of thiazole rings is 1. The second-order valence-corrected chi connectivity index (χ2v) is 7.13. The molecular weight excluding hydrogens is 302 g/mol. The van der Waals surface area contributed by atoms with E-state index in [1.54, 1.807) is 22.7 Å². The first-order valence-corrected chi connectivity index (χ1v) is 9.00. The summed E-state index contributed by atoms with van der Waals surface area (Å²) in [6, 6.07) is 1.97. The van der Waals surface area contributed by atoms with Crippen molar-refractivity contribution in [1.82, 2.24) is 14.7 Å². The maximum absolute atomic E-state index is 10.1. The number of aromatic nitrogens is 2. The van der Waals surface area contributed by atoms with E-state index in [2.05, 4.69) is 21.3 Å². The van der Waals surface area contributed by atoms with E-state index in [9.17, 15) is 5.11 Å². The predicted molar refractivity (Wildman–Crippen MR) is 86.0 cm³/mol. The van der Waals surface area contributed by atoms with Crippen LogP contribution < -0.4 is 5.32 Å². The normalized spacial score (nSPS) is 16.6. The number of nitrogens with one attached hydrogen (secondary N) is 1. The number of imidazole rings is 1. The second kappa shape index (κ2) is 5.53. The fourth-order valence-corrected chi connectivity index (χ4v) is 4.07. The Bertz CT molecular complexity index is 727. The number of hydrogen-bond donors (Lipinski definition) is 2. The monoisotopic (exact) mass is 319 g/mol. The SMILES string of the molecule is OC(CNCc1c(C2CC2)nc2sccn12)c1ccsc1. The Kier molecular flexibility index (Phi) is 3.54. The van der Waals surface area contributed by atoms with E-state index in [-0.39, 0.29) is 0 Å². The van der Waals surface area contributed by atoms with Crippen LogP contribution in [0.1, 0.15) is 41.8 Å². The van der Waals surface area contributed by atoms with Crippen molar-refractivity contribution in [2.45, 2.75) is 31.4 Å². The largest absolute Gasteiger partial charge is 0.387 e. The molecule has 0 spiro atoms. The number of nitrogens with zero attached hydrogens (tertiary/aromatic N) is 2. The molecule has 1 aliphatic rings. The van der Waals surface area contributed by atoms with Crippen molar-refractivity contribution in [2.75, 3.05) is 6.54 Å². The number of hydrogen-bond acceptors (Lipinski definition) is 5. The van der Waals surface area contributed by atoms with Crippen LogP contribution in [0, 0.1) is 0 Å². The molecule has 1 unspecified atom stereocenters. The Balaban J connectivity index is 1.46. The van der Waals surface area contributed by atoms with E-state index >= 15 is 0 Å². The molecule has 6 heteroatoms. The van der Waals surface area contributed by atoms with Gasteiger partial charge in [-0.1, -0.05) is 0 Å². The summed E-state index contributed by atoms with van der Waals surface area (Å²) in [5.74, 6) is 0.649. The summed E-state index contributed by atoms with van der Waals surface area (Å²) < 4.78 is 2.18. The highest BCUT2D eigenvalue weighted by Gasteiger charge is 2.30. The van der Waals surface area contributed by atoms with Gasteiger partial charge in [-0.2, -0.15) is 11.3 Å². The van der Waals surface area contributed by atoms with Gasteiger partial charge in [-0.05, 0) is 35.2 Å². The van der Waals surface area contributed by atoms with Crippen molar-refractivity contribution in [3.63, 3.8) is 0 Å². The van der Waals surface area contributed by atoms with Gasteiger partial charge in [0, 0.05) is 30.6 Å². The number of rotatable bonds is 6. The minimum absolute atomic E-state index is 0.438. The minimum Gasteiger partial charge on any atom is -0.387 e. The molecule has 0 amide bonds. The molecule has 3 aromatic heterocycles. The van der Waals surface area contributed by atoms with Gasteiger partial charge >= 0.3 is 0 Å². The van der Waals surface area contributed by atoms with E-state index in [1.807, 2.05) is 16.8 Å². The van der Waals surface area contributed by atoms with Gasteiger partial charge < -0.3 is 10.4 Å². The molecule has 3 heterocycles. The van der Waals surface area contributed by atoms with Gasteiger partial charge in [0.1, 0.15) is 0 Å². The molecular formula is C15H17N3OS2. The predicted octanol–water partition coefficient (Wildman–Crippen LogP) is 3.16. The van der Waals surface area contributed by atoms with Crippen LogP contribution in [-0.2, 0) is 6.54 Å². The third-order valence-corrected chi connectivity index (χ3v) is 5.37. The van der Waals surface area contributed by atoms with Gasteiger partial charge in [0.05, 0.1) is 17.5 Å². The fourth-order valence-electron chi connectivity index (χ4n) is 2.62. The maximum atomic E-state index is 10.1. The third kappa shape index (κ3) is 2.64. The molecule has 3 aromatic rings. The summed E-state index contributed by atoms with van der Waals surface area (Å²) in [5, 5.41) is 19.6. The highest BCUT2D eigenvalue weighted by atomic mass is 32.1. The van der Waals surface area contributed by atoms with Crippen molar-refractivity contribution in [2.24, 2.45) is 0 Å². The molecule has 4 rings (SSSR count). The fraction of sp³-hybridized carbons (Fsp3) is 0.400. The molecule has 1 aliphatic carbocycles. The van der Waals surface area contributed by atoms with Gasteiger partial charge in [-0.25, -0.2) is 4.98 Å². The summed E-state index contributed by atoms with van der Waals surface area (Å²) in [7, 11) is 0. The zero-order valence-electron chi connectivity index (χ0n) is 11.5. The molecule has 0 saturated heterocycles. The lowest BCUT2D eigenvalue weighted by Crippen LogP contribution is -2.22. The van der Waals surface area contributed by atoms with Gasteiger partial charge in [0.2, 0.25) is 0 Å². The Morgan fingerprint density at radius 2 is 2.33 bits per heavy atom. The first kappa shape index (κ1) is 13.5. The lowest BCUT2D eigenvalue weighted by Gasteiger charge is -2.11. The molecule has 21 heavy (non-hydrogen) atoms. The lowest BCUT2D eigenvalue weighted by atomic mass is 10.2. The smallest absolute Gasteiger partial charge is 0.194 e. The van der Waals surface area contributed by atoms with E-state index in [0.29, 0.717) is 12.5 Å². The molecule has 1 saturated carbocycles. The van der Waals surface area contributed by atoms with Crippen LogP contribution >= 0.6 is 22.7 Å². The lowest BCUT2D eigenvalue weighted by molar-refractivity contribution is 0.174. The Morgan fingerprint density at radius 3 is 3.10 bits per heavy atom. The van der Waals surface area contributed by atoms with Crippen LogP contribution in [0.4, 0.5) is 0 Å². The second-order valence-electron chi connectivity index (χ2n) is 5.48. The number of aliphatic hydroxyl groups is 1. The average Bonchev–Trinajstić information content (AvgIpc) is 2.94. The first-order valence-electron chi connectivity index (χ1n) is 7.18. The summed E-state index contributed by atoms with van der Waals surface area (Å²) in [5.41, 5.74) is 3.49. The molecule has 0 aromatic carbocycles. The average molecular weight is 319 g/mol. The topological polar surface area (TPSA) is 49.6 Å². The quantitative estimate of drug-likeness (QED) is 0.734. The van der Waals surface area contributed by atoms with Crippen molar-refractivity contribution < 1.29 is 5.11 Å². The highest BCUT2D eigenvalue weighted by Crippen LogP contribution is 2.41. The molecule has 4 nitrogen and oxygen atoms in total. The summed E-state index contributed by atoms with van der Waals surface area (Å²) >= 11 is 3.30. The Labute approximate surface area is 131 Å². The zero-order chi connectivity index (χ0) is 14.2. The molecule has 2 N–H and O–H groups in total. The summed E-state index contributed by atoms with van der Waals surface area (Å²) in [6.45, 7) is 1.32. The van der Waals surface area contributed by atoms with Gasteiger partial charge in [-0.15, -0.1) is 11.3 Å². The van der Waals surface area contributed by atoms with Crippen molar-refractivity contribution >= 4 is 27.6 Å². The standard InChI is InChI=1S/C15H17N3OS2/c19-13(11-3-5-20-9-11)8-16-7-12-14(10-1-2-10)17-15-18(12)4-6-21-15/h3-6,9-10,13,16,19H,1-2,7-8H2. The van der Waals surface area contributed by atoms with Crippen molar-refractivity contribution in [3.8, 4) is 0 Å². The van der Waals surface area contributed by atoms with E-state index in [1.165, 1.54) is 24.2 Å². The van der Waals surface area contributed by atoms with Crippen LogP contribution in [0.3, 0.4) is 0 Å². The molecule has 1 atom stereocenters. The van der Waals surface area contributed by atoms with E-state index in [0.717, 1.165) is 17.1 Å². The molecule has 1 fully saturated rings. The van der Waals surface area contributed by atoms with E-state index in [4.69, 9.17) is 4.98 Å². The third-order valence-electron chi connectivity index (χ3n) is 3.91. The van der Waals surface area contributed by atoms with Crippen LogP contribution in [0.5, 0.6) is 0 Å². The number of fused-ring (bicyclic) bond motifs is 1. The van der Waals surface area contributed by atoms with Gasteiger partial charge in [-0.3, -0.25) is 4.40 Å². The minimum atomic E-state index is -0.438. The zero-order valence-corrected chi connectivity index (χ0v) is 13.2. The highest BCUT2D eigenvalue weighted by molar-refractivity contribution is 7.15. The van der Waals surface area contributed by atoms with Crippen molar-refractivity contribution in [1.29, 1.82) is 0 Å². The first-order chi connectivity index (χ1) is 10.3.